The molecule has 6 N–H and O–H groups in total. The molecule has 59 heavy (non-hydrogen) atoms. The number of aliphatic hydroxyl groups is 5. The molecule has 0 aromatic rings. The van der Waals surface area contributed by atoms with Gasteiger partial charge in [-0.15, -0.1) is 0 Å². The molecule has 6 unspecified atom stereocenters. The minimum absolute atomic E-state index is 0.0741. The number of hydrogen-bond acceptors (Lipinski definition) is 12. The largest absolute Gasteiger partial charge is 0.472 e. The molecule has 0 heterocycles. The highest BCUT2D eigenvalue weighted by atomic mass is 31.2. The fraction of sp³-hybridized carbons (Fsp3) is 0.822. The molecule has 13 nitrogen and oxygen atoms in total. The average molecular weight is 861 g/mol. The van der Waals surface area contributed by atoms with Crippen molar-refractivity contribution in [1.82, 2.24) is 0 Å². The maximum absolute atomic E-state index is 12.8. The van der Waals surface area contributed by atoms with E-state index in [1.807, 2.05) is 6.08 Å². The van der Waals surface area contributed by atoms with E-state index in [0.29, 0.717) is 12.8 Å². The van der Waals surface area contributed by atoms with Crippen molar-refractivity contribution < 1.29 is 63.1 Å². The van der Waals surface area contributed by atoms with Crippen molar-refractivity contribution in [3.63, 3.8) is 0 Å². The fourth-order valence-electron chi connectivity index (χ4n) is 6.75. The third-order valence-electron chi connectivity index (χ3n) is 10.5. The van der Waals surface area contributed by atoms with Crippen molar-refractivity contribution in [2.75, 3.05) is 13.2 Å². The summed E-state index contributed by atoms with van der Waals surface area (Å²) in [6.45, 7) is 3.22. The number of aliphatic hydroxyl groups excluding tert-OH is 5. The molecule has 1 saturated carbocycles. The highest BCUT2D eigenvalue weighted by molar-refractivity contribution is 7.47. The minimum Gasteiger partial charge on any atom is -0.462 e. The van der Waals surface area contributed by atoms with Crippen LogP contribution in [0.1, 0.15) is 181 Å². The second-order valence-corrected chi connectivity index (χ2v) is 17.3. The minimum atomic E-state index is -5.13. The van der Waals surface area contributed by atoms with Gasteiger partial charge in [0, 0.05) is 12.8 Å². The van der Waals surface area contributed by atoms with E-state index in [-0.39, 0.29) is 12.8 Å². The summed E-state index contributed by atoms with van der Waals surface area (Å²) in [7, 11) is -5.13. The second kappa shape index (κ2) is 35.6. The third kappa shape index (κ3) is 28.3. The SMILES string of the molecule is CCCCC/C=C/C/C=C/CCCCCCCC(=O)O[C@H](COC(=O)CC/C=C/CCCCCCCCCCCCC)COP(=O)(O)OC1C(O)C(O)C(O)[C@@H](O)C1O. The van der Waals surface area contributed by atoms with Crippen LogP contribution in [0.4, 0.5) is 0 Å². The number of allylic oxidation sites excluding steroid dienone is 6. The van der Waals surface area contributed by atoms with Gasteiger partial charge in [-0.1, -0.05) is 147 Å². The number of unbranched alkanes of at least 4 members (excludes halogenated alkanes) is 19. The van der Waals surface area contributed by atoms with Gasteiger partial charge in [-0.05, 0) is 57.8 Å². The van der Waals surface area contributed by atoms with Crippen LogP contribution in [0.25, 0.3) is 0 Å². The van der Waals surface area contributed by atoms with Crippen LogP contribution in [0, 0.1) is 0 Å². The van der Waals surface area contributed by atoms with E-state index < -0.39 is 75.7 Å². The summed E-state index contributed by atoms with van der Waals surface area (Å²) in [6, 6.07) is 0. The van der Waals surface area contributed by atoms with Crippen molar-refractivity contribution in [1.29, 1.82) is 0 Å². The molecular weight excluding hydrogens is 779 g/mol. The molecule has 0 spiro atoms. The van der Waals surface area contributed by atoms with Gasteiger partial charge >= 0.3 is 19.8 Å². The van der Waals surface area contributed by atoms with Crippen LogP contribution in [-0.4, -0.2) is 98.3 Å². The van der Waals surface area contributed by atoms with Crippen molar-refractivity contribution >= 4 is 19.8 Å². The number of esters is 2. The van der Waals surface area contributed by atoms with Crippen molar-refractivity contribution in [3.8, 4) is 0 Å². The smallest absolute Gasteiger partial charge is 0.462 e. The number of rotatable bonds is 37. The van der Waals surface area contributed by atoms with E-state index in [0.717, 1.165) is 57.8 Å². The highest BCUT2D eigenvalue weighted by Crippen LogP contribution is 2.47. The van der Waals surface area contributed by atoms with E-state index >= 15 is 0 Å². The summed E-state index contributed by atoms with van der Waals surface area (Å²) in [5.74, 6) is -1.17. The maximum atomic E-state index is 12.8. The third-order valence-corrected chi connectivity index (χ3v) is 11.5. The molecule has 1 aliphatic carbocycles. The first kappa shape index (κ1) is 55.1. The van der Waals surface area contributed by atoms with E-state index in [2.05, 4.69) is 44.2 Å². The Morgan fingerprint density at radius 3 is 1.49 bits per heavy atom. The number of ether oxygens (including phenoxy) is 2. The van der Waals surface area contributed by atoms with Crippen LogP contribution in [0.2, 0.25) is 0 Å². The van der Waals surface area contributed by atoms with Crippen LogP contribution in [-0.2, 0) is 32.7 Å². The van der Waals surface area contributed by atoms with E-state index in [1.54, 1.807) is 0 Å². The van der Waals surface area contributed by atoms with Crippen LogP contribution >= 0.6 is 7.82 Å². The van der Waals surface area contributed by atoms with Gasteiger partial charge < -0.3 is 39.9 Å². The topological polar surface area (TPSA) is 210 Å². The van der Waals surface area contributed by atoms with Gasteiger partial charge in [0.1, 0.15) is 43.2 Å². The molecule has 0 bridgehead atoms. The van der Waals surface area contributed by atoms with Gasteiger partial charge in [-0.25, -0.2) is 4.57 Å². The molecule has 1 fully saturated rings. The molecule has 344 valence electrons. The first-order valence-corrected chi connectivity index (χ1v) is 24.3. The summed E-state index contributed by atoms with van der Waals surface area (Å²) < 4.78 is 33.4. The number of hydrogen-bond donors (Lipinski definition) is 6. The Morgan fingerprint density at radius 2 is 0.949 bits per heavy atom. The van der Waals surface area contributed by atoms with Crippen LogP contribution in [0.3, 0.4) is 0 Å². The molecule has 0 amide bonds. The first-order chi connectivity index (χ1) is 28.4. The van der Waals surface area contributed by atoms with Gasteiger partial charge in [0.05, 0.1) is 6.61 Å². The Kier molecular flexibility index (Phi) is 33.3. The Labute approximate surface area is 355 Å². The normalized spacial score (nSPS) is 22.6. The summed E-state index contributed by atoms with van der Waals surface area (Å²) >= 11 is 0. The Hall–Kier alpha value is -1.93. The molecule has 0 aromatic heterocycles. The number of carbonyl (C=O) groups excluding carboxylic acids is 2. The van der Waals surface area contributed by atoms with Crippen LogP contribution in [0.5, 0.6) is 0 Å². The predicted octanol–water partition coefficient (Wildman–Crippen LogP) is 8.61. The van der Waals surface area contributed by atoms with Gasteiger partial charge in [-0.3, -0.25) is 18.6 Å². The summed E-state index contributed by atoms with van der Waals surface area (Å²) in [4.78, 5) is 35.6. The molecule has 1 aliphatic rings. The summed E-state index contributed by atoms with van der Waals surface area (Å²) in [5.41, 5.74) is 0. The summed E-state index contributed by atoms with van der Waals surface area (Å²) in [6.07, 6.45) is 26.4. The molecular formula is C45H81O13P. The van der Waals surface area contributed by atoms with Gasteiger partial charge in [0.2, 0.25) is 0 Å². The Bertz CT molecular complexity index is 1180. The fourth-order valence-corrected chi connectivity index (χ4v) is 7.72. The number of carbonyl (C=O) groups is 2. The predicted molar refractivity (Wildman–Crippen MR) is 230 cm³/mol. The number of phosphoric ester groups is 1. The average Bonchev–Trinajstić information content (AvgIpc) is 3.21. The van der Waals surface area contributed by atoms with E-state index in [1.165, 1.54) is 83.5 Å². The lowest BCUT2D eigenvalue weighted by molar-refractivity contribution is -0.220. The van der Waals surface area contributed by atoms with Crippen molar-refractivity contribution in [2.24, 2.45) is 0 Å². The maximum Gasteiger partial charge on any atom is 0.472 e. The zero-order chi connectivity index (χ0) is 43.6. The van der Waals surface area contributed by atoms with Crippen LogP contribution in [0.15, 0.2) is 36.5 Å². The lowest BCUT2D eigenvalue weighted by Gasteiger charge is -2.41. The molecule has 0 aromatic carbocycles. The molecule has 0 saturated heterocycles. The van der Waals surface area contributed by atoms with Gasteiger partial charge in [0.25, 0.3) is 0 Å². The first-order valence-electron chi connectivity index (χ1n) is 22.8. The summed E-state index contributed by atoms with van der Waals surface area (Å²) in [5, 5.41) is 50.1. The molecule has 14 heteroatoms. The zero-order valence-electron chi connectivity index (χ0n) is 36.3. The van der Waals surface area contributed by atoms with Gasteiger partial charge in [-0.2, -0.15) is 0 Å². The quantitative estimate of drug-likeness (QED) is 0.0150. The molecule has 1 rings (SSSR count). The molecule has 0 radical (unpaired) electrons. The second-order valence-electron chi connectivity index (χ2n) is 15.9. The zero-order valence-corrected chi connectivity index (χ0v) is 37.2. The highest BCUT2D eigenvalue weighted by Gasteiger charge is 2.51. The monoisotopic (exact) mass is 861 g/mol. The van der Waals surface area contributed by atoms with Crippen LogP contribution < -0.4 is 0 Å². The molecule has 0 aliphatic heterocycles. The van der Waals surface area contributed by atoms with Crippen molar-refractivity contribution in [3.05, 3.63) is 36.5 Å². The van der Waals surface area contributed by atoms with E-state index in [9.17, 15) is 44.6 Å². The number of phosphoric acid groups is 1. The lowest BCUT2D eigenvalue weighted by atomic mass is 9.85. The standard InChI is InChI=1S/C45H81O13P/c1-3-5-7-9-11-13-15-17-19-21-23-25-27-29-31-33-38(46)55-35-37(36-56-59(53,54)58-45-43(51)41(49)40(48)42(50)44(45)52)57-39(47)34-32-30-28-26-24-22-20-18-16-14-12-10-8-6-4-2/h12,14,18,20,27,29,37,40-45,48-52H,3-11,13,15-17,19,21-26,28,30-36H2,1-2H3,(H,53,54)/b14-12+,20-18+,29-27+/t37-,40?,41-,42?,43?,44?,45?/m1/s1. The Balaban J connectivity index is 2.50. The molecule has 8 atom stereocenters. The van der Waals surface area contributed by atoms with Crippen molar-refractivity contribution in [2.45, 2.75) is 224 Å². The van der Waals surface area contributed by atoms with E-state index in [4.69, 9.17) is 18.5 Å². The Morgan fingerprint density at radius 1 is 0.525 bits per heavy atom. The van der Waals surface area contributed by atoms with Gasteiger partial charge in [0.15, 0.2) is 6.10 Å². The lowest BCUT2D eigenvalue weighted by Crippen LogP contribution is -2.64.